The van der Waals surface area contributed by atoms with E-state index in [1.165, 1.54) is 10.7 Å². The molecule has 1 aliphatic carbocycles. The monoisotopic (exact) mass is 383 g/mol. The lowest BCUT2D eigenvalue weighted by atomic mass is 10.2. The van der Waals surface area contributed by atoms with Crippen molar-refractivity contribution in [2.45, 2.75) is 31.4 Å². The lowest BCUT2D eigenvalue weighted by molar-refractivity contribution is 0.100. The molecule has 5 N–H and O–H groups in total. The Balaban J connectivity index is 1.75. The molecule has 4 rings (SSSR count). The molecule has 0 unspecified atom stereocenters. The second-order valence-corrected chi connectivity index (χ2v) is 6.76. The van der Waals surface area contributed by atoms with Crippen LogP contribution in [0.3, 0.4) is 0 Å². The molecule has 3 heterocycles. The molecular formula is C18H21N7O3. The number of aliphatic hydroxyl groups is 1. The molecule has 1 fully saturated rings. The molecule has 10 heteroatoms. The Hall–Kier alpha value is -3.40. The lowest BCUT2D eigenvalue weighted by Gasteiger charge is -2.19. The summed E-state index contributed by atoms with van der Waals surface area (Å²) < 4.78 is 3.02. The SMILES string of the molecule is CNc1cc(Nc2cccn([C@H]3CCC[C@H]3O)c2=O)nc2c(C(N)=O)cnn12. The van der Waals surface area contributed by atoms with Gasteiger partial charge in [0.15, 0.2) is 5.65 Å². The smallest absolute Gasteiger partial charge is 0.274 e. The predicted molar refractivity (Wildman–Crippen MR) is 104 cm³/mol. The third kappa shape index (κ3) is 2.97. The van der Waals surface area contributed by atoms with Crippen molar-refractivity contribution in [3.8, 4) is 0 Å². The summed E-state index contributed by atoms with van der Waals surface area (Å²) >= 11 is 0. The second-order valence-electron chi connectivity index (χ2n) is 6.76. The summed E-state index contributed by atoms with van der Waals surface area (Å²) in [6.45, 7) is 0. The predicted octanol–water partition coefficient (Wildman–Crippen LogP) is 0.861. The first kappa shape index (κ1) is 18.0. The Morgan fingerprint density at radius 2 is 2.21 bits per heavy atom. The van der Waals surface area contributed by atoms with E-state index in [0.29, 0.717) is 23.7 Å². The van der Waals surface area contributed by atoms with Gasteiger partial charge >= 0.3 is 0 Å². The maximum absolute atomic E-state index is 12.9. The van der Waals surface area contributed by atoms with Crippen LogP contribution in [0.5, 0.6) is 0 Å². The van der Waals surface area contributed by atoms with Gasteiger partial charge in [-0.15, -0.1) is 0 Å². The Kier molecular flexibility index (Phi) is 4.47. The zero-order valence-electron chi connectivity index (χ0n) is 15.3. The Morgan fingerprint density at radius 1 is 1.39 bits per heavy atom. The molecule has 0 radical (unpaired) electrons. The van der Waals surface area contributed by atoms with Crippen molar-refractivity contribution >= 4 is 28.9 Å². The highest BCUT2D eigenvalue weighted by atomic mass is 16.3. The van der Waals surface area contributed by atoms with Gasteiger partial charge in [-0.3, -0.25) is 9.59 Å². The number of hydrogen-bond acceptors (Lipinski definition) is 7. The van der Waals surface area contributed by atoms with E-state index in [1.54, 1.807) is 36.0 Å². The molecule has 28 heavy (non-hydrogen) atoms. The average Bonchev–Trinajstić information content (AvgIpc) is 3.29. The number of aromatic nitrogens is 4. The number of nitrogens with two attached hydrogens (primary N) is 1. The summed E-state index contributed by atoms with van der Waals surface area (Å²) in [5, 5.41) is 20.3. The summed E-state index contributed by atoms with van der Waals surface area (Å²) in [7, 11) is 1.71. The summed E-state index contributed by atoms with van der Waals surface area (Å²) in [5.74, 6) is 0.295. The first-order valence-electron chi connectivity index (χ1n) is 9.02. The van der Waals surface area contributed by atoms with E-state index in [-0.39, 0.29) is 22.8 Å². The average molecular weight is 383 g/mol. The standard InChI is InChI=1S/C18H21N7O3/c1-20-15-8-14(23-17-10(16(19)27)9-21-25(15)17)22-11-4-3-7-24(18(11)28)12-5-2-6-13(12)26/h3-4,7-9,12-13,20,26H,2,5-6H2,1H3,(H2,19,27)(H,22,23)/t12-,13+/m0/s1. The van der Waals surface area contributed by atoms with E-state index < -0.39 is 12.0 Å². The van der Waals surface area contributed by atoms with Crippen LogP contribution in [0.25, 0.3) is 5.65 Å². The Morgan fingerprint density at radius 3 is 2.89 bits per heavy atom. The number of hydrogen-bond donors (Lipinski definition) is 4. The van der Waals surface area contributed by atoms with E-state index in [0.717, 1.165) is 12.8 Å². The van der Waals surface area contributed by atoms with Crippen LogP contribution < -0.4 is 21.9 Å². The van der Waals surface area contributed by atoms with Crippen LogP contribution in [0.1, 0.15) is 35.7 Å². The zero-order chi connectivity index (χ0) is 19.8. The van der Waals surface area contributed by atoms with Gasteiger partial charge in [0.05, 0.1) is 18.3 Å². The quantitative estimate of drug-likeness (QED) is 0.512. The number of nitrogens with one attached hydrogen (secondary N) is 2. The van der Waals surface area contributed by atoms with Crippen LogP contribution in [0.15, 0.2) is 35.4 Å². The van der Waals surface area contributed by atoms with Gasteiger partial charge in [-0.05, 0) is 31.4 Å². The van der Waals surface area contributed by atoms with Crippen LogP contribution in [0.4, 0.5) is 17.3 Å². The molecule has 0 bridgehead atoms. The number of anilines is 3. The van der Waals surface area contributed by atoms with E-state index >= 15 is 0 Å². The van der Waals surface area contributed by atoms with E-state index in [1.807, 2.05) is 0 Å². The molecule has 0 aliphatic heterocycles. The summed E-state index contributed by atoms with van der Waals surface area (Å²) in [6, 6.07) is 4.84. The second kappa shape index (κ2) is 6.97. The van der Waals surface area contributed by atoms with Crippen LogP contribution in [0.2, 0.25) is 0 Å². The first-order valence-corrected chi connectivity index (χ1v) is 9.02. The third-order valence-electron chi connectivity index (χ3n) is 5.03. The largest absolute Gasteiger partial charge is 0.391 e. The van der Waals surface area contributed by atoms with Gasteiger partial charge in [0.2, 0.25) is 0 Å². The summed E-state index contributed by atoms with van der Waals surface area (Å²) in [6.07, 6.45) is 4.85. The molecule has 3 aromatic heterocycles. The number of amides is 1. The molecule has 1 aliphatic rings. The summed E-state index contributed by atoms with van der Waals surface area (Å²) in [5.41, 5.74) is 5.93. The van der Waals surface area contributed by atoms with Crippen molar-refractivity contribution in [1.29, 1.82) is 0 Å². The topological polar surface area (TPSA) is 140 Å². The fourth-order valence-corrected chi connectivity index (χ4v) is 3.63. The molecule has 3 aromatic rings. The van der Waals surface area contributed by atoms with Gasteiger partial charge in [-0.1, -0.05) is 0 Å². The molecule has 1 saturated carbocycles. The van der Waals surface area contributed by atoms with Crippen molar-refractivity contribution in [2.75, 3.05) is 17.7 Å². The van der Waals surface area contributed by atoms with Gasteiger partial charge in [0.25, 0.3) is 11.5 Å². The number of nitrogens with zero attached hydrogens (tertiary/aromatic N) is 4. The lowest BCUT2D eigenvalue weighted by Crippen LogP contribution is -2.30. The Bertz CT molecular complexity index is 1100. The highest BCUT2D eigenvalue weighted by Gasteiger charge is 2.27. The highest BCUT2D eigenvalue weighted by molar-refractivity contribution is 5.98. The number of carbonyl (C=O) groups is 1. The molecule has 146 valence electrons. The summed E-state index contributed by atoms with van der Waals surface area (Å²) in [4.78, 5) is 28.9. The van der Waals surface area contributed by atoms with Gasteiger partial charge in [-0.25, -0.2) is 4.98 Å². The van der Waals surface area contributed by atoms with Crippen molar-refractivity contribution in [1.82, 2.24) is 19.2 Å². The number of pyridine rings is 1. The van der Waals surface area contributed by atoms with Gasteiger partial charge in [0.1, 0.15) is 22.9 Å². The Labute approximate surface area is 160 Å². The number of aliphatic hydroxyl groups excluding tert-OH is 1. The van der Waals surface area contributed by atoms with Crippen molar-refractivity contribution < 1.29 is 9.90 Å². The fourth-order valence-electron chi connectivity index (χ4n) is 3.63. The molecule has 0 aromatic carbocycles. The highest BCUT2D eigenvalue weighted by Crippen LogP contribution is 2.29. The minimum Gasteiger partial charge on any atom is -0.391 e. The van der Waals surface area contributed by atoms with Crippen LogP contribution in [-0.4, -0.2) is 43.3 Å². The molecule has 1 amide bonds. The minimum absolute atomic E-state index is 0.180. The molecule has 0 spiro atoms. The maximum Gasteiger partial charge on any atom is 0.274 e. The third-order valence-corrected chi connectivity index (χ3v) is 5.03. The van der Waals surface area contributed by atoms with Crippen molar-refractivity contribution in [3.63, 3.8) is 0 Å². The number of primary amides is 1. The van der Waals surface area contributed by atoms with Crippen LogP contribution in [-0.2, 0) is 0 Å². The van der Waals surface area contributed by atoms with Gasteiger partial charge < -0.3 is 26.0 Å². The minimum atomic E-state index is -0.640. The number of carbonyl (C=O) groups excluding carboxylic acids is 1. The molecule has 2 atom stereocenters. The normalized spacial score (nSPS) is 19.1. The number of rotatable bonds is 5. The van der Waals surface area contributed by atoms with Crippen LogP contribution >= 0.6 is 0 Å². The number of fused-ring (bicyclic) bond motifs is 1. The molecule has 10 nitrogen and oxygen atoms in total. The first-order chi connectivity index (χ1) is 13.5. The van der Waals surface area contributed by atoms with Gasteiger partial charge in [0, 0.05) is 19.3 Å². The van der Waals surface area contributed by atoms with Crippen LogP contribution in [0, 0.1) is 0 Å². The van der Waals surface area contributed by atoms with E-state index in [9.17, 15) is 14.7 Å². The molecule has 0 saturated heterocycles. The van der Waals surface area contributed by atoms with E-state index in [2.05, 4.69) is 20.7 Å². The van der Waals surface area contributed by atoms with Gasteiger partial charge in [-0.2, -0.15) is 9.61 Å². The van der Waals surface area contributed by atoms with E-state index in [4.69, 9.17) is 5.73 Å². The zero-order valence-corrected chi connectivity index (χ0v) is 15.3. The fraction of sp³-hybridized carbons (Fsp3) is 0.333. The maximum atomic E-state index is 12.9. The molecular weight excluding hydrogens is 362 g/mol. The van der Waals surface area contributed by atoms with Crippen molar-refractivity contribution in [3.05, 3.63) is 46.5 Å². The van der Waals surface area contributed by atoms with Crippen molar-refractivity contribution in [2.24, 2.45) is 5.73 Å².